The van der Waals surface area contributed by atoms with Crippen LogP contribution in [0.2, 0.25) is 0 Å². The lowest BCUT2D eigenvalue weighted by molar-refractivity contribution is -0.384. The summed E-state index contributed by atoms with van der Waals surface area (Å²) < 4.78 is 25.9. The summed E-state index contributed by atoms with van der Waals surface area (Å²) in [5, 5.41) is 16.0. The molecule has 0 saturated carbocycles. The van der Waals surface area contributed by atoms with Gasteiger partial charge in [-0.25, -0.2) is 8.42 Å². The minimum atomic E-state index is -3.89. The fraction of sp³-hybridized carbons (Fsp3) is 0.227. The van der Waals surface area contributed by atoms with Crippen LogP contribution in [-0.2, 0) is 21.4 Å². The van der Waals surface area contributed by atoms with Crippen molar-refractivity contribution >= 4 is 38.1 Å². The molecule has 0 bridgehead atoms. The van der Waals surface area contributed by atoms with Crippen molar-refractivity contribution < 1.29 is 18.1 Å². The lowest BCUT2D eigenvalue weighted by atomic mass is 10.1. The van der Waals surface area contributed by atoms with E-state index in [2.05, 4.69) is 5.32 Å². The highest BCUT2D eigenvalue weighted by Gasteiger charge is 2.31. The Morgan fingerprint density at radius 1 is 1.10 bits per heavy atom. The standard InChI is InChI=1S/C22H23N3O5S/c1-15-8-11-20(25(27)28)13-21(15)24(31(3,29)30)16(2)22(26)23-14-17-9-10-18-6-4-5-7-19(18)12-17/h4-13,16H,14H2,1-3H3,(H,23,26)/t16-/m1/s1. The summed E-state index contributed by atoms with van der Waals surface area (Å²) in [7, 11) is -3.89. The first-order valence-electron chi connectivity index (χ1n) is 9.58. The number of aryl methyl sites for hydroxylation is 1. The van der Waals surface area contributed by atoms with E-state index < -0.39 is 26.9 Å². The van der Waals surface area contributed by atoms with E-state index in [9.17, 15) is 23.3 Å². The minimum absolute atomic E-state index is 0.102. The first-order chi connectivity index (χ1) is 14.6. The molecule has 9 heteroatoms. The molecule has 8 nitrogen and oxygen atoms in total. The molecule has 3 aromatic carbocycles. The number of hydrogen-bond donors (Lipinski definition) is 1. The van der Waals surface area contributed by atoms with Gasteiger partial charge in [-0.1, -0.05) is 42.5 Å². The molecule has 0 aliphatic heterocycles. The molecule has 0 spiro atoms. The quantitative estimate of drug-likeness (QED) is 0.446. The van der Waals surface area contributed by atoms with E-state index >= 15 is 0 Å². The fourth-order valence-corrected chi connectivity index (χ4v) is 4.64. The van der Waals surface area contributed by atoms with Gasteiger partial charge in [0.05, 0.1) is 16.9 Å². The van der Waals surface area contributed by atoms with Crippen LogP contribution in [0.4, 0.5) is 11.4 Å². The molecule has 3 rings (SSSR count). The van der Waals surface area contributed by atoms with Crippen molar-refractivity contribution in [1.29, 1.82) is 0 Å². The molecule has 0 aromatic heterocycles. The summed E-state index contributed by atoms with van der Waals surface area (Å²) in [4.78, 5) is 23.4. The fourth-order valence-electron chi connectivity index (χ4n) is 3.42. The van der Waals surface area contributed by atoms with Crippen LogP contribution < -0.4 is 9.62 Å². The Morgan fingerprint density at radius 3 is 2.42 bits per heavy atom. The van der Waals surface area contributed by atoms with Gasteiger partial charge < -0.3 is 5.32 Å². The molecule has 0 heterocycles. The summed E-state index contributed by atoms with van der Waals surface area (Å²) in [5.41, 5.74) is 1.23. The number of nitro benzene ring substituents is 1. The lowest BCUT2D eigenvalue weighted by Crippen LogP contribution is -2.48. The molecule has 0 aliphatic carbocycles. The molecule has 1 N–H and O–H groups in total. The maximum absolute atomic E-state index is 12.8. The van der Waals surface area contributed by atoms with Gasteiger partial charge in [0.1, 0.15) is 6.04 Å². The van der Waals surface area contributed by atoms with Gasteiger partial charge in [-0.15, -0.1) is 0 Å². The van der Waals surface area contributed by atoms with E-state index in [-0.39, 0.29) is 17.9 Å². The molecule has 0 fully saturated rings. The topological polar surface area (TPSA) is 110 Å². The van der Waals surface area contributed by atoms with E-state index in [1.165, 1.54) is 25.1 Å². The number of amides is 1. The zero-order valence-corrected chi connectivity index (χ0v) is 18.2. The molecular weight excluding hydrogens is 418 g/mol. The highest BCUT2D eigenvalue weighted by Crippen LogP contribution is 2.29. The average Bonchev–Trinajstić information content (AvgIpc) is 2.72. The second-order valence-corrected chi connectivity index (χ2v) is 9.22. The predicted octanol–water partition coefficient (Wildman–Crippen LogP) is 3.53. The normalized spacial score (nSPS) is 12.4. The number of non-ortho nitro benzene ring substituents is 1. The highest BCUT2D eigenvalue weighted by atomic mass is 32.2. The van der Waals surface area contributed by atoms with Crippen LogP contribution in [-0.4, -0.2) is 31.5 Å². The third-order valence-electron chi connectivity index (χ3n) is 5.01. The summed E-state index contributed by atoms with van der Waals surface area (Å²) in [5.74, 6) is -0.510. The second-order valence-electron chi connectivity index (χ2n) is 7.36. The van der Waals surface area contributed by atoms with Crippen molar-refractivity contribution in [3.05, 3.63) is 81.9 Å². The molecule has 31 heavy (non-hydrogen) atoms. The molecule has 162 valence electrons. The molecule has 3 aromatic rings. The van der Waals surface area contributed by atoms with E-state index in [0.717, 1.165) is 26.9 Å². The molecule has 0 saturated heterocycles. The Labute approximate surface area is 180 Å². The monoisotopic (exact) mass is 441 g/mol. The number of carbonyl (C=O) groups excluding carboxylic acids is 1. The van der Waals surface area contributed by atoms with E-state index in [1.54, 1.807) is 6.92 Å². The van der Waals surface area contributed by atoms with Crippen molar-refractivity contribution in [1.82, 2.24) is 5.32 Å². The molecular formula is C22H23N3O5S. The third-order valence-corrected chi connectivity index (χ3v) is 6.24. The number of fused-ring (bicyclic) bond motifs is 1. The van der Waals surface area contributed by atoms with Gasteiger partial charge in [0.25, 0.3) is 5.69 Å². The Morgan fingerprint density at radius 2 is 1.77 bits per heavy atom. The van der Waals surface area contributed by atoms with Crippen LogP contribution >= 0.6 is 0 Å². The maximum Gasteiger partial charge on any atom is 0.271 e. The first-order valence-corrected chi connectivity index (χ1v) is 11.4. The van der Waals surface area contributed by atoms with Gasteiger partial charge in [-0.3, -0.25) is 19.2 Å². The van der Waals surface area contributed by atoms with Crippen molar-refractivity contribution in [2.45, 2.75) is 26.4 Å². The van der Waals surface area contributed by atoms with Gasteiger partial charge in [-0.2, -0.15) is 0 Å². The number of nitrogens with zero attached hydrogens (tertiary/aromatic N) is 2. The van der Waals surface area contributed by atoms with Gasteiger partial charge in [0.2, 0.25) is 15.9 Å². The summed E-state index contributed by atoms with van der Waals surface area (Å²) in [6.07, 6.45) is 0.971. The smallest absolute Gasteiger partial charge is 0.271 e. The summed E-state index contributed by atoms with van der Waals surface area (Å²) in [6.45, 7) is 3.31. The molecule has 0 aliphatic rings. The molecule has 0 unspecified atom stereocenters. The summed E-state index contributed by atoms with van der Waals surface area (Å²) in [6, 6.07) is 16.5. The zero-order chi connectivity index (χ0) is 22.8. The number of rotatable bonds is 7. The number of carbonyl (C=O) groups is 1. The second kappa shape index (κ2) is 8.73. The van der Waals surface area contributed by atoms with Gasteiger partial charge in [0.15, 0.2) is 0 Å². The number of sulfonamides is 1. The maximum atomic E-state index is 12.8. The van der Waals surface area contributed by atoms with Crippen molar-refractivity contribution in [3.8, 4) is 0 Å². The number of nitrogens with one attached hydrogen (secondary N) is 1. The van der Waals surface area contributed by atoms with Crippen molar-refractivity contribution in [2.24, 2.45) is 0 Å². The van der Waals surface area contributed by atoms with Gasteiger partial charge in [0, 0.05) is 18.7 Å². The van der Waals surface area contributed by atoms with Crippen LogP contribution in [0.1, 0.15) is 18.1 Å². The van der Waals surface area contributed by atoms with Crippen molar-refractivity contribution in [3.63, 3.8) is 0 Å². The van der Waals surface area contributed by atoms with Crippen LogP contribution in [0.25, 0.3) is 10.8 Å². The van der Waals surface area contributed by atoms with Crippen LogP contribution in [0.3, 0.4) is 0 Å². The molecule has 1 amide bonds. The van der Waals surface area contributed by atoms with E-state index in [4.69, 9.17) is 0 Å². The third kappa shape index (κ3) is 5.00. The Balaban J connectivity index is 1.84. The van der Waals surface area contributed by atoms with Gasteiger partial charge >= 0.3 is 0 Å². The number of hydrogen-bond acceptors (Lipinski definition) is 5. The molecule has 1 atom stereocenters. The Bertz CT molecular complexity index is 1260. The average molecular weight is 442 g/mol. The highest BCUT2D eigenvalue weighted by molar-refractivity contribution is 7.92. The van der Waals surface area contributed by atoms with E-state index in [0.29, 0.717) is 5.56 Å². The first kappa shape index (κ1) is 22.2. The van der Waals surface area contributed by atoms with Crippen molar-refractivity contribution in [2.75, 3.05) is 10.6 Å². The van der Waals surface area contributed by atoms with Crippen LogP contribution in [0, 0.1) is 17.0 Å². The predicted molar refractivity (Wildman–Crippen MR) is 120 cm³/mol. The number of anilines is 1. The summed E-state index contributed by atoms with van der Waals surface area (Å²) >= 11 is 0. The van der Waals surface area contributed by atoms with Crippen LogP contribution in [0.15, 0.2) is 60.7 Å². The van der Waals surface area contributed by atoms with Crippen LogP contribution in [0.5, 0.6) is 0 Å². The largest absolute Gasteiger partial charge is 0.350 e. The van der Waals surface area contributed by atoms with Gasteiger partial charge in [-0.05, 0) is 41.8 Å². The number of nitro groups is 1. The minimum Gasteiger partial charge on any atom is -0.350 e. The SMILES string of the molecule is Cc1ccc([N+](=O)[O-])cc1N([C@H](C)C(=O)NCc1ccc2ccccc2c1)S(C)(=O)=O. The molecule has 0 radical (unpaired) electrons. The Hall–Kier alpha value is -3.46. The van der Waals surface area contributed by atoms with E-state index in [1.807, 2.05) is 42.5 Å². The Kier molecular flexibility index (Phi) is 6.26. The number of benzene rings is 3. The zero-order valence-electron chi connectivity index (χ0n) is 17.4. The lowest BCUT2D eigenvalue weighted by Gasteiger charge is -2.29.